The smallest absolute Gasteiger partial charge is 0.306 e. The number of carbonyl (C=O) groups is 3. The number of esters is 3. The Morgan fingerprint density at radius 3 is 0.818 bits per heavy atom. The lowest BCUT2D eigenvalue weighted by Crippen LogP contribution is -2.30. The Morgan fingerprint density at radius 1 is 0.273 bits per heavy atom. The predicted octanol–water partition coefficient (Wildman–Crippen LogP) is 22.7. The highest BCUT2D eigenvalue weighted by atomic mass is 16.6. The van der Waals surface area contributed by atoms with Crippen molar-refractivity contribution < 1.29 is 28.6 Å². The Labute approximate surface area is 477 Å². The van der Waals surface area contributed by atoms with Crippen LogP contribution in [-0.2, 0) is 28.6 Å². The fourth-order valence-corrected chi connectivity index (χ4v) is 9.40. The quantitative estimate of drug-likeness (QED) is 0.0261. The van der Waals surface area contributed by atoms with Gasteiger partial charge in [0.2, 0.25) is 0 Å². The van der Waals surface area contributed by atoms with Crippen LogP contribution in [0, 0.1) is 0 Å². The zero-order valence-corrected chi connectivity index (χ0v) is 51.0. The van der Waals surface area contributed by atoms with Crippen LogP contribution in [0.15, 0.2) is 85.1 Å². The number of unbranched alkanes of at least 4 members (excludes halogenated alkanes) is 35. The van der Waals surface area contributed by atoms with E-state index >= 15 is 0 Å². The molecule has 0 spiro atoms. The second-order valence-corrected chi connectivity index (χ2v) is 22.0. The van der Waals surface area contributed by atoms with Crippen LogP contribution in [0.1, 0.15) is 329 Å². The molecule has 0 aromatic carbocycles. The number of hydrogen-bond acceptors (Lipinski definition) is 6. The molecule has 0 heterocycles. The average molecular weight is 1070 g/mol. The largest absolute Gasteiger partial charge is 0.462 e. The summed E-state index contributed by atoms with van der Waals surface area (Å²) in [5, 5.41) is 0. The molecule has 0 saturated heterocycles. The van der Waals surface area contributed by atoms with Gasteiger partial charge in [-0.3, -0.25) is 14.4 Å². The summed E-state index contributed by atoms with van der Waals surface area (Å²) in [6.07, 6.45) is 86.0. The van der Waals surface area contributed by atoms with Gasteiger partial charge in [-0.05, 0) is 116 Å². The molecule has 0 aliphatic heterocycles. The highest BCUT2D eigenvalue weighted by Gasteiger charge is 2.19. The third-order valence-electron chi connectivity index (χ3n) is 14.4. The van der Waals surface area contributed by atoms with Gasteiger partial charge in [0.05, 0.1) is 0 Å². The van der Waals surface area contributed by atoms with Gasteiger partial charge in [-0.15, -0.1) is 0 Å². The zero-order chi connectivity index (χ0) is 55.7. The number of hydrogen-bond donors (Lipinski definition) is 0. The van der Waals surface area contributed by atoms with Crippen molar-refractivity contribution in [3.05, 3.63) is 85.1 Å². The molecule has 0 bridgehead atoms. The van der Waals surface area contributed by atoms with Crippen molar-refractivity contribution in [1.29, 1.82) is 0 Å². The van der Waals surface area contributed by atoms with Crippen LogP contribution in [0.5, 0.6) is 0 Å². The molecule has 0 aromatic rings. The fourth-order valence-electron chi connectivity index (χ4n) is 9.40. The molecule has 0 fully saturated rings. The minimum Gasteiger partial charge on any atom is -0.462 e. The summed E-state index contributed by atoms with van der Waals surface area (Å²) in [7, 11) is 0. The predicted molar refractivity (Wildman–Crippen MR) is 334 cm³/mol. The zero-order valence-electron chi connectivity index (χ0n) is 51.0. The third kappa shape index (κ3) is 63.3. The first-order valence-electron chi connectivity index (χ1n) is 33.1. The summed E-state index contributed by atoms with van der Waals surface area (Å²) in [6.45, 7) is 6.52. The van der Waals surface area contributed by atoms with Crippen molar-refractivity contribution in [2.24, 2.45) is 0 Å². The second-order valence-electron chi connectivity index (χ2n) is 22.0. The van der Waals surface area contributed by atoms with Crippen LogP contribution < -0.4 is 0 Å². The molecule has 0 rings (SSSR count). The molecule has 6 heteroatoms. The first-order valence-corrected chi connectivity index (χ1v) is 33.1. The molecular formula is C71H124O6. The maximum absolute atomic E-state index is 12.9. The molecule has 0 aliphatic carbocycles. The fraction of sp³-hybridized carbons (Fsp3) is 0.761. The van der Waals surface area contributed by atoms with Crippen molar-refractivity contribution in [2.45, 2.75) is 335 Å². The minimum atomic E-state index is -0.788. The van der Waals surface area contributed by atoms with Gasteiger partial charge in [-0.25, -0.2) is 0 Å². The molecule has 0 N–H and O–H groups in total. The molecule has 6 nitrogen and oxygen atoms in total. The SMILES string of the molecule is CC/C=C\C/C=C\C/C=C\C/C=C\CCCCCCCCC(=O)OC(COC(=O)CCCCCCC/C=C\CCCCCC)COC(=O)CCCCCCCCCCCCCCCCC/C=C\C/C=C\CCCCCCC. The summed E-state index contributed by atoms with van der Waals surface area (Å²) in [4.78, 5) is 38.3. The molecule has 1 unspecified atom stereocenters. The van der Waals surface area contributed by atoms with Gasteiger partial charge in [-0.2, -0.15) is 0 Å². The van der Waals surface area contributed by atoms with Crippen LogP contribution in [-0.4, -0.2) is 37.2 Å². The molecule has 1 atom stereocenters. The molecule has 77 heavy (non-hydrogen) atoms. The summed E-state index contributed by atoms with van der Waals surface area (Å²) in [6, 6.07) is 0. The van der Waals surface area contributed by atoms with E-state index in [4.69, 9.17) is 14.2 Å². The lowest BCUT2D eigenvalue weighted by atomic mass is 10.0. The minimum absolute atomic E-state index is 0.0834. The third-order valence-corrected chi connectivity index (χ3v) is 14.4. The molecule has 0 saturated carbocycles. The van der Waals surface area contributed by atoms with E-state index in [0.29, 0.717) is 19.3 Å². The van der Waals surface area contributed by atoms with Gasteiger partial charge in [-0.1, -0.05) is 279 Å². The van der Waals surface area contributed by atoms with E-state index in [0.717, 1.165) is 109 Å². The molecule has 0 amide bonds. The van der Waals surface area contributed by atoms with Gasteiger partial charge < -0.3 is 14.2 Å². The highest BCUT2D eigenvalue weighted by molar-refractivity contribution is 5.71. The van der Waals surface area contributed by atoms with Crippen LogP contribution in [0.4, 0.5) is 0 Å². The summed E-state index contributed by atoms with van der Waals surface area (Å²) < 4.78 is 16.9. The Hall–Kier alpha value is -3.41. The number of carbonyl (C=O) groups excluding carboxylic acids is 3. The van der Waals surface area contributed by atoms with Crippen molar-refractivity contribution in [3.8, 4) is 0 Å². The van der Waals surface area contributed by atoms with Gasteiger partial charge in [0.25, 0.3) is 0 Å². The lowest BCUT2D eigenvalue weighted by Gasteiger charge is -2.18. The lowest BCUT2D eigenvalue weighted by molar-refractivity contribution is -0.167. The molecule has 0 radical (unpaired) electrons. The Balaban J connectivity index is 4.28. The Bertz CT molecular complexity index is 1470. The van der Waals surface area contributed by atoms with E-state index in [-0.39, 0.29) is 31.1 Å². The van der Waals surface area contributed by atoms with Crippen molar-refractivity contribution >= 4 is 17.9 Å². The van der Waals surface area contributed by atoms with Gasteiger partial charge in [0.1, 0.15) is 13.2 Å². The average Bonchev–Trinajstić information content (AvgIpc) is 3.43. The van der Waals surface area contributed by atoms with Crippen LogP contribution >= 0.6 is 0 Å². The van der Waals surface area contributed by atoms with Gasteiger partial charge in [0.15, 0.2) is 6.10 Å². The van der Waals surface area contributed by atoms with Crippen molar-refractivity contribution in [3.63, 3.8) is 0 Å². The maximum atomic E-state index is 12.9. The van der Waals surface area contributed by atoms with E-state index in [1.54, 1.807) is 0 Å². The number of allylic oxidation sites excluding steroid dienone is 14. The van der Waals surface area contributed by atoms with E-state index in [1.807, 2.05) is 0 Å². The van der Waals surface area contributed by atoms with E-state index in [2.05, 4.69) is 106 Å². The van der Waals surface area contributed by atoms with Crippen molar-refractivity contribution in [1.82, 2.24) is 0 Å². The first kappa shape index (κ1) is 73.6. The first-order chi connectivity index (χ1) is 38.0. The number of rotatable bonds is 60. The van der Waals surface area contributed by atoms with Gasteiger partial charge in [0, 0.05) is 19.3 Å². The Kier molecular flexibility index (Phi) is 62.2. The van der Waals surface area contributed by atoms with Crippen molar-refractivity contribution in [2.75, 3.05) is 13.2 Å². The van der Waals surface area contributed by atoms with Crippen LogP contribution in [0.25, 0.3) is 0 Å². The molecule has 0 aliphatic rings. The van der Waals surface area contributed by atoms with Crippen LogP contribution in [0.2, 0.25) is 0 Å². The van der Waals surface area contributed by atoms with E-state index < -0.39 is 6.10 Å². The number of ether oxygens (including phenoxy) is 3. The Morgan fingerprint density at radius 2 is 0.506 bits per heavy atom. The summed E-state index contributed by atoms with van der Waals surface area (Å²) in [5.74, 6) is -0.894. The standard InChI is InChI=1S/C71H124O6/c1-4-7-10-13-16-19-22-25-27-29-31-32-33-34-35-36-37-38-40-41-43-46-49-52-55-58-61-64-70(73)76-67-68(66-75-69(72)63-60-57-54-51-48-45-24-21-18-15-12-9-6-3)77-71(74)65-62-59-56-53-50-47-44-42-39-30-28-26-23-20-17-14-11-8-5-2/h8,11,17,20-22,24-26,28-29,31,39,42,68H,4-7,9-10,12-16,18-19,23,27,30,32-38,40-41,43-67H2,1-3H3/b11-8-,20-17-,24-21-,25-22-,28-26-,31-29-,42-39-. The molecule has 0 aromatic heterocycles. The topological polar surface area (TPSA) is 78.9 Å². The second kappa shape index (κ2) is 65.1. The van der Waals surface area contributed by atoms with Gasteiger partial charge >= 0.3 is 17.9 Å². The normalized spacial score (nSPS) is 12.6. The highest BCUT2D eigenvalue weighted by Crippen LogP contribution is 2.17. The van der Waals surface area contributed by atoms with E-state index in [1.165, 1.54) is 180 Å². The monoisotopic (exact) mass is 1070 g/mol. The molecule has 444 valence electrons. The molecular weight excluding hydrogens is 949 g/mol. The summed E-state index contributed by atoms with van der Waals surface area (Å²) >= 11 is 0. The van der Waals surface area contributed by atoms with E-state index in [9.17, 15) is 14.4 Å². The summed E-state index contributed by atoms with van der Waals surface area (Å²) in [5.41, 5.74) is 0. The van der Waals surface area contributed by atoms with Crippen LogP contribution in [0.3, 0.4) is 0 Å². The maximum Gasteiger partial charge on any atom is 0.306 e.